The number of hydrogen-bond acceptors (Lipinski definition) is 4. The molecule has 0 saturated carbocycles. The van der Waals surface area contributed by atoms with Gasteiger partial charge in [0.1, 0.15) is 23.0 Å². The van der Waals surface area contributed by atoms with E-state index in [1.807, 2.05) is 78.9 Å². The Morgan fingerprint density at radius 2 is 1.58 bits per heavy atom. The van der Waals surface area contributed by atoms with E-state index in [2.05, 4.69) is 21.2 Å². The Morgan fingerprint density at radius 3 is 2.24 bits per heavy atom. The van der Waals surface area contributed by atoms with Crippen LogP contribution in [-0.2, 0) is 0 Å². The van der Waals surface area contributed by atoms with E-state index in [1.54, 1.807) is 14.2 Å². The fourth-order valence-corrected chi connectivity index (χ4v) is 3.73. The van der Waals surface area contributed by atoms with Crippen molar-refractivity contribution in [2.75, 3.05) is 26.1 Å². The van der Waals surface area contributed by atoms with Crippen LogP contribution in [0.5, 0.6) is 23.0 Å². The van der Waals surface area contributed by atoms with E-state index >= 15 is 0 Å². The Morgan fingerprint density at radius 1 is 0.879 bits per heavy atom. The molecule has 5 nitrogen and oxygen atoms in total. The largest absolute Gasteiger partial charge is 0.497 e. The normalized spacial score (nSPS) is 10.6. The fraction of sp³-hybridized carbons (Fsp3) is 0.148. The predicted octanol–water partition coefficient (Wildman–Crippen LogP) is 6.44. The van der Waals surface area contributed by atoms with Crippen molar-refractivity contribution in [2.45, 2.75) is 0 Å². The molecule has 4 aromatic rings. The minimum atomic E-state index is -0.120. The van der Waals surface area contributed by atoms with Crippen LogP contribution in [-0.4, -0.2) is 32.0 Å². The smallest absolute Gasteiger partial charge is 0.251 e. The minimum absolute atomic E-state index is 0.120. The quantitative estimate of drug-likeness (QED) is 0.280. The average molecular weight is 506 g/mol. The number of halogens is 1. The van der Waals surface area contributed by atoms with Crippen molar-refractivity contribution in [1.29, 1.82) is 0 Å². The lowest BCUT2D eigenvalue weighted by Gasteiger charge is -2.16. The number of ether oxygens (including phenoxy) is 3. The van der Waals surface area contributed by atoms with Gasteiger partial charge in [0.15, 0.2) is 0 Å². The van der Waals surface area contributed by atoms with E-state index in [0.717, 1.165) is 44.5 Å². The van der Waals surface area contributed by atoms with E-state index in [9.17, 15) is 4.79 Å². The number of rotatable bonds is 8. The van der Waals surface area contributed by atoms with Crippen molar-refractivity contribution in [1.82, 2.24) is 5.32 Å². The van der Waals surface area contributed by atoms with Gasteiger partial charge in [-0.05, 0) is 71.6 Å². The molecule has 0 saturated heterocycles. The van der Waals surface area contributed by atoms with Gasteiger partial charge in [0, 0.05) is 28.9 Å². The van der Waals surface area contributed by atoms with E-state index in [0.29, 0.717) is 17.9 Å². The number of benzene rings is 4. The summed E-state index contributed by atoms with van der Waals surface area (Å²) < 4.78 is 17.5. The summed E-state index contributed by atoms with van der Waals surface area (Å²) in [4.78, 5) is 11.9. The lowest BCUT2D eigenvalue weighted by Crippen LogP contribution is -2.17. The zero-order chi connectivity index (χ0) is 23.2. The minimum Gasteiger partial charge on any atom is -0.497 e. The molecule has 0 bridgehead atoms. The molecular formula is C27H24BrNO4. The molecule has 0 aliphatic carbocycles. The number of alkyl halides is 1. The molecule has 0 radical (unpaired) electrons. The van der Waals surface area contributed by atoms with Gasteiger partial charge >= 0.3 is 0 Å². The average Bonchev–Trinajstić information content (AvgIpc) is 2.87. The molecule has 0 heterocycles. The molecule has 1 amide bonds. The molecule has 0 spiro atoms. The Balaban J connectivity index is 1.76. The van der Waals surface area contributed by atoms with Gasteiger partial charge in [-0.15, -0.1) is 0 Å². The maximum absolute atomic E-state index is 11.9. The summed E-state index contributed by atoms with van der Waals surface area (Å²) in [5, 5.41) is 5.39. The summed E-state index contributed by atoms with van der Waals surface area (Å²) in [5.74, 6) is 2.88. The second-order valence-corrected chi connectivity index (χ2v) is 8.09. The maximum atomic E-state index is 11.9. The zero-order valence-corrected chi connectivity index (χ0v) is 20.0. The highest BCUT2D eigenvalue weighted by atomic mass is 79.9. The summed E-state index contributed by atoms with van der Waals surface area (Å²) in [6.45, 7) is 0.599. The van der Waals surface area contributed by atoms with Crippen molar-refractivity contribution in [3.05, 3.63) is 84.4 Å². The van der Waals surface area contributed by atoms with Gasteiger partial charge in [0.05, 0.1) is 13.7 Å². The van der Waals surface area contributed by atoms with Crippen LogP contribution in [0.3, 0.4) is 0 Å². The molecule has 0 aromatic heterocycles. The van der Waals surface area contributed by atoms with Crippen LogP contribution in [0, 0.1) is 0 Å². The Bertz CT molecular complexity index is 1250. The summed E-state index contributed by atoms with van der Waals surface area (Å²) in [7, 11) is 3.27. The summed E-state index contributed by atoms with van der Waals surface area (Å²) in [5.41, 5.74) is 2.48. The molecule has 4 rings (SSSR count). The standard InChI is InChI=1S/C27H24BrNO4/c1-29-27(30)19-5-3-18(4-6-19)24-13-7-20-17-23(31-2)12-14-25(20)26(24)33-22-10-8-21(9-11-22)32-16-15-28/h3-14,17H,15-16H2,1-2H3,(H,29,30). The molecule has 33 heavy (non-hydrogen) atoms. The first-order valence-corrected chi connectivity index (χ1v) is 11.6. The molecule has 168 valence electrons. The third-order valence-corrected chi connectivity index (χ3v) is 5.58. The van der Waals surface area contributed by atoms with Gasteiger partial charge in [-0.1, -0.05) is 34.1 Å². The van der Waals surface area contributed by atoms with Crippen molar-refractivity contribution in [2.24, 2.45) is 0 Å². The van der Waals surface area contributed by atoms with Gasteiger partial charge in [-0.3, -0.25) is 4.79 Å². The molecule has 0 unspecified atom stereocenters. The third kappa shape index (κ3) is 5.12. The Kier molecular flexibility index (Phi) is 7.15. The van der Waals surface area contributed by atoms with Gasteiger partial charge < -0.3 is 19.5 Å². The Labute approximate surface area is 201 Å². The molecule has 1 N–H and O–H groups in total. The highest BCUT2D eigenvalue weighted by molar-refractivity contribution is 9.09. The van der Waals surface area contributed by atoms with Crippen LogP contribution >= 0.6 is 15.9 Å². The number of carbonyl (C=O) groups is 1. The van der Waals surface area contributed by atoms with E-state index < -0.39 is 0 Å². The number of nitrogens with one attached hydrogen (secondary N) is 1. The molecule has 6 heteroatoms. The first-order chi connectivity index (χ1) is 16.1. The lowest BCUT2D eigenvalue weighted by atomic mass is 9.98. The van der Waals surface area contributed by atoms with Gasteiger partial charge in [-0.2, -0.15) is 0 Å². The van der Waals surface area contributed by atoms with Crippen LogP contribution in [0.2, 0.25) is 0 Å². The number of hydrogen-bond donors (Lipinski definition) is 1. The van der Waals surface area contributed by atoms with Crippen LogP contribution < -0.4 is 19.5 Å². The highest BCUT2D eigenvalue weighted by Gasteiger charge is 2.14. The maximum Gasteiger partial charge on any atom is 0.251 e. The van der Waals surface area contributed by atoms with Crippen LogP contribution in [0.4, 0.5) is 0 Å². The van der Waals surface area contributed by atoms with Crippen LogP contribution in [0.1, 0.15) is 10.4 Å². The van der Waals surface area contributed by atoms with E-state index in [-0.39, 0.29) is 5.91 Å². The molecule has 4 aromatic carbocycles. The number of amides is 1. The SMILES string of the molecule is CNC(=O)c1ccc(-c2ccc3cc(OC)ccc3c2Oc2ccc(OCCBr)cc2)cc1. The predicted molar refractivity (Wildman–Crippen MR) is 135 cm³/mol. The van der Waals surface area contributed by atoms with Crippen molar-refractivity contribution < 1.29 is 19.0 Å². The first-order valence-electron chi connectivity index (χ1n) is 10.5. The molecule has 0 atom stereocenters. The molecule has 0 aliphatic rings. The number of carbonyl (C=O) groups excluding carboxylic acids is 1. The molecule has 0 aliphatic heterocycles. The molecule has 0 fully saturated rings. The topological polar surface area (TPSA) is 56.8 Å². The first kappa shape index (κ1) is 22.7. The van der Waals surface area contributed by atoms with Gasteiger partial charge in [-0.25, -0.2) is 0 Å². The van der Waals surface area contributed by atoms with Crippen molar-refractivity contribution in [3.63, 3.8) is 0 Å². The van der Waals surface area contributed by atoms with Crippen molar-refractivity contribution >= 4 is 32.6 Å². The number of methoxy groups -OCH3 is 1. The third-order valence-electron chi connectivity index (χ3n) is 5.25. The van der Waals surface area contributed by atoms with E-state index in [4.69, 9.17) is 14.2 Å². The summed E-state index contributed by atoms with van der Waals surface area (Å²) in [6.07, 6.45) is 0. The lowest BCUT2D eigenvalue weighted by molar-refractivity contribution is 0.0963. The monoisotopic (exact) mass is 505 g/mol. The Hall–Kier alpha value is -3.51. The number of fused-ring (bicyclic) bond motifs is 1. The van der Waals surface area contributed by atoms with Crippen molar-refractivity contribution in [3.8, 4) is 34.1 Å². The zero-order valence-electron chi connectivity index (χ0n) is 18.4. The summed E-state index contributed by atoms with van der Waals surface area (Å²) in [6, 6.07) is 25.0. The molecular weight excluding hydrogens is 482 g/mol. The van der Waals surface area contributed by atoms with Crippen LogP contribution in [0.15, 0.2) is 78.9 Å². The second kappa shape index (κ2) is 10.4. The van der Waals surface area contributed by atoms with Gasteiger partial charge in [0.2, 0.25) is 0 Å². The van der Waals surface area contributed by atoms with Gasteiger partial charge in [0.25, 0.3) is 5.91 Å². The highest BCUT2D eigenvalue weighted by Crippen LogP contribution is 2.41. The fourth-order valence-electron chi connectivity index (χ4n) is 3.57. The summed E-state index contributed by atoms with van der Waals surface area (Å²) >= 11 is 3.36. The van der Waals surface area contributed by atoms with Crippen LogP contribution in [0.25, 0.3) is 21.9 Å². The van der Waals surface area contributed by atoms with E-state index in [1.165, 1.54) is 0 Å². The second-order valence-electron chi connectivity index (χ2n) is 7.30.